The Kier molecular flexibility index (Phi) is 8.87. The largest absolute Gasteiger partial charge is 0.454 e. The molecule has 0 aromatic heterocycles. The van der Waals surface area contributed by atoms with Gasteiger partial charge in [0, 0.05) is 17.6 Å². The van der Waals surface area contributed by atoms with E-state index in [2.05, 4.69) is 4.72 Å². The third-order valence-electron chi connectivity index (χ3n) is 4.87. The van der Waals surface area contributed by atoms with E-state index in [9.17, 15) is 26.4 Å². The first-order chi connectivity index (χ1) is 14.4. The average molecular weight is 495 g/mol. The highest BCUT2D eigenvalue weighted by Gasteiger charge is 2.35. The van der Waals surface area contributed by atoms with Crippen molar-refractivity contribution in [3.8, 4) is 0 Å². The lowest BCUT2D eigenvalue weighted by Crippen LogP contribution is -2.45. The Morgan fingerprint density at radius 3 is 2.48 bits per heavy atom. The molecule has 1 saturated heterocycles. The fraction of sp³-hybridized carbons (Fsp3) is 0.579. The number of unbranched alkanes of at least 4 members (excludes halogenated alkanes) is 1. The molecule has 0 radical (unpaired) electrons. The van der Waals surface area contributed by atoms with Crippen molar-refractivity contribution in [2.45, 2.75) is 50.1 Å². The molecule has 9 nitrogen and oxygen atoms in total. The highest BCUT2D eigenvalue weighted by molar-refractivity contribution is 7.91. The van der Waals surface area contributed by atoms with Crippen LogP contribution >= 0.6 is 11.6 Å². The van der Waals surface area contributed by atoms with E-state index >= 15 is 0 Å². The SMILES string of the molecule is CCCCN(C(=O)COC(=O)C(C)NS(=O)(=O)c1ccc(Cl)cc1)C1CCS(=O)(=O)C1. The van der Waals surface area contributed by atoms with E-state index in [4.69, 9.17) is 16.3 Å². The monoisotopic (exact) mass is 494 g/mol. The number of hydrogen-bond donors (Lipinski definition) is 1. The normalized spacial score (nSPS) is 19.0. The van der Waals surface area contributed by atoms with Gasteiger partial charge < -0.3 is 9.64 Å². The number of hydrogen-bond acceptors (Lipinski definition) is 7. The summed E-state index contributed by atoms with van der Waals surface area (Å²) in [5, 5.41) is 0.368. The molecule has 2 atom stereocenters. The fourth-order valence-corrected chi connectivity index (χ4v) is 6.21. The van der Waals surface area contributed by atoms with Crippen LogP contribution in [0.1, 0.15) is 33.1 Å². The molecule has 2 rings (SSSR count). The van der Waals surface area contributed by atoms with Crippen LogP contribution in [-0.2, 0) is 34.2 Å². The summed E-state index contributed by atoms with van der Waals surface area (Å²) < 4.78 is 55.5. The van der Waals surface area contributed by atoms with Gasteiger partial charge in [-0.1, -0.05) is 24.9 Å². The predicted octanol–water partition coefficient (Wildman–Crippen LogP) is 1.37. The number of carbonyl (C=O) groups is 2. The third kappa shape index (κ3) is 7.44. The summed E-state index contributed by atoms with van der Waals surface area (Å²) in [5.41, 5.74) is 0. The number of carbonyl (C=O) groups excluding carboxylic acids is 2. The second-order valence-corrected chi connectivity index (χ2v) is 11.8. The Balaban J connectivity index is 1.95. The second-order valence-electron chi connectivity index (χ2n) is 7.40. The molecule has 1 aromatic carbocycles. The van der Waals surface area contributed by atoms with Crippen molar-refractivity contribution in [1.82, 2.24) is 9.62 Å². The molecule has 1 heterocycles. The van der Waals surface area contributed by atoms with Gasteiger partial charge in [-0.3, -0.25) is 9.59 Å². The Bertz CT molecular complexity index is 995. The second kappa shape index (κ2) is 10.8. The molecule has 1 aromatic rings. The number of nitrogens with one attached hydrogen (secondary N) is 1. The number of ether oxygens (including phenoxy) is 1. The molecule has 31 heavy (non-hydrogen) atoms. The molecule has 2 unspecified atom stereocenters. The van der Waals surface area contributed by atoms with Gasteiger partial charge in [0.25, 0.3) is 5.91 Å². The van der Waals surface area contributed by atoms with Crippen LogP contribution in [0.3, 0.4) is 0 Å². The summed E-state index contributed by atoms with van der Waals surface area (Å²) in [4.78, 5) is 26.2. The number of rotatable bonds is 10. The zero-order valence-electron chi connectivity index (χ0n) is 17.4. The lowest BCUT2D eigenvalue weighted by atomic mass is 10.2. The van der Waals surface area contributed by atoms with Crippen LogP contribution in [0.15, 0.2) is 29.2 Å². The van der Waals surface area contributed by atoms with Crippen LogP contribution in [0.2, 0.25) is 5.02 Å². The van der Waals surface area contributed by atoms with E-state index < -0.39 is 50.4 Å². The van der Waals surface area contributed by atoms with Crippen molar-refractivity contribution in [2.75, 3.05) is 24.7 Å². The molecule has 1 aliphatic rings. The quantitative estimate of drug-likeness (QED) is 0.486. The molecule has 0 aliphatic carbocycles. The lowest BCUT2D eigenvalue weighted by molar-refractivity contribution is -0.153. The minimum atomic E-state index is -3.99. The molecule has 12 heteroatoms. The summed E-state index contributed by atoms with van der Waals surface area (Å²) in [5.74, 6) is -1.50. The predicted molar refractivity (Wildman–Crippen MR) is 116 cm³/mol. The zero-order valence-corrected chi connectivity index (χ0v) is 19.8. The maximum Gasteiger partial charge on any atom is 0.324 e. The molecule has 1 aliphatic heterocycles. The average Bonchev–Trinajstić information content (AvgIpc) is 3.05. The van der Waals surface area contributed by atoms with E-state index in [0.29, 0.717) is 24.4 Å². The fourth-order valence-electron chi connectivity index (χ4n) is 3.16. The number of sulfonamides is 1. The van der Waals surface area contributed by atoms with Crippen LogP contribution in [0.25, 0.3) is 0 Å². The highest BCUT2D eigenvalue weighted by Crippen LogP contribution is 2.19. The molecular weight excluding hydrogens is 468 g/mol. The van der Waals surface area contributed by atoms with Gasteiger partial charge in [0.2, 0.25) is 10.0 Å². The summed E-state index contributed by atoms with van der Waals surface area (Å²) in [7, 11) is -7.17. The summed E-state index contributed by atoms with van der Waals surface area (Å²) in [6.45, 7) is 3.03. The summed E-state index contributed by atoms with van der Waals surface area (Å²) >= 11 is 5.75. The molecule has 1 N–H and O–H groups in total. The number of nitrogens with zero attached hydrogens (tertiary/aromatic N) is 1. The van der Waals surface area contributed by atoms with Crippen molar-refractivity contribution >= 4 is 43.3 Å². The maximum atomic E-state index is 12.6. The Morgan fingerprint density at radius 1 is 1.29 bits per heavy atom. The van der Waals surface area contributed by atoms with Crippen LogP contribution < -0.4 is 4.72 Å². The van der Waals surface area contributed by atoms with Crippen LogP contribution in [0.4, 0.5) is 0 Å². The van der Waals surface area contributed by atoms with Crippen molar-refractivity contribution in [1.29, 1.82) is 0 Å². The maximum absolute atomic E-state index is 12.6. The summed E-state index contributed by atoms with van der Waals surface area (Å²) in [6, 6.07) is 3.74. The lowest BCUT2D eigenvalue weighted by Gasteiger charge is -2.28. The van der Waals surface area contributed by atoms with E-state index in [1.54, 1.807) is 0 Å². The van der Waals surface area contributed by atoms with Gasteiger partial charge >= 0.3 is 5.97 Å². The van der Waals surface area contributed by atoms with Crippen LogP contribution in [-0.4, -0.2) is 70.4 Å². The van der Waals surface area contributed by atoms with E-state index in [-0.39, 0.29) is 16.4 Å². The molecule has 0 saturated carbocycles. The smallest absolute Gasteiger partial charge is 0.324 e. The van der Waals surface area contributed by atoms with Gasteiger partial charge in [-0.25, -0.2) is 16.8 Å². The van der Waals surface area contributed by atoms with Crippen molar-refractivity contribution in [3.05, 3.63) is 29.3 Å². The first kappa shape index (κ1) is 25.6. The van der Waals surface area contributed by atoms with Gasteiger partial charge in [0.05, 0.1) is 16.4 Å². The number of benzene rings is 1. The first-order valence-corrected chi connectivity index (χ1v) is 13.6. The van der Waals surface area contributed by atoms with Gasteiger partial charge in [0.15, 0.2) is 16.4 Å². The van der Waals surface area contributed by atoms with E-state index in [1.165, 1.54) is 36.1 Å². The van der Waals surface area contributed by atoms with Crippen LogP contribution in [0, 0.1) is 0 Å². The number of esters is 1. The molecule has 1 fully saturated rings. The first-order valence-electron chi connectivity index (χ1n) is 9.89. The van der Waals surface area contributed by atoms with Crippen LogP contribution in [0.5, 0.6) is 0 Å². The Labute approximate surface area is 188 Å². The molecular formula is C19H27ClN2O7S2. The van der Waals surface area contributed by atoms with Crippen molar-refractivity contribution < 1.29 is 31.2 Å². The molecule has 0 bridgehead atoms. The number of sulfone groups is 1. The van der Waals surface area contributed by atoms with Gasteiger partial charge in [-0.05, 0) is 44.0 Å². The zero-order chi connectivity index (χ0) is 23.2. The Hall–Kier alpha value is -1.69. The van der Waals surface area contributed by atoms with Gasteiger partial charge in [0.1, 0.15) is 6.04 Å². The topological polar surface area (TPSA) is 127 Å². The third-order valence-corrected chi connectivity index (χ3v) is 8.43. The summed E-state index contributed by atoms with van der Waals surface area (Å²) in [6.07, 6.45) is 1.85. The molecule has 174 valence electrons. The number of halogens is 1. The Morgan fingerprint density at radius 2 is 1.94 bits per heavy atom. The van der Waals surface area contributed by atoms with Gasteiger partial charge in [-0.15, -0.1) is 0 Å². The van der Waals surface area contributed by atoms with Gasteiger partial charge in [-0.2, -0.15) is 4.72 Å². The molecule has 1 amide bonds. The highest BCUT2D eigenvalue weighted by atomic mass is 35.5. The van der Waals surface area contributed by atoms with Crippen molar-refractivity contribution in [3.63, 3.8) is 0 Å². The minimum absolute atomic E-state index is 0.0247. The standard InChI is InChI=1S/C19H27ClN2O7S2/c1-3-4-10-22(16-9-11-30(25,26)13-16)18(23)12-29-19(24)14(2)21-31(27,28)17-7-5-15(20)6-8-17/h5-8,14,16,21H,3-4,9-13H2,1-2H3. The molecule has 0 spiro atoms. The van der Waals surface area contributed by atoms with Crippen molar-refractivity contribution in [2.24, 2.45) is 0 Å². The minimum Gasteiger partial charge on any atom is -0.454 e. The number of amides is 1. The van der Waals surface area contributed by atoms with E-state index in [0.717, 1.165) is 6.42 Å². The van der Waals surface area contributed by atoms with E-state index in [1.807, 2.05) is 6.92 Å².